The van der Waals surface area contributed by atoms with Crippen molar-refractivity contribution in [1.82, 2.24) is 0 Å². The Hall–Kier alpha value is -2.42. The summed E-state index contributed by atoms with van der Waals surface area (Å²) in [7, 11) is 0. The highest BCUT2D eigenvalue weighted by Gasteiger charge is 2.23. The van der Waals surface area contributed by atoms with Crippen molar-refractivity contribution in [3.63, 3.8) is 0 Å². The van der Waals surface area contributed by atoms with Gasteiger partial charge in [0, 0.05) is 11.5 Å². The van der Waals surface area contributed by atoms with Crippen molar-refractivity contribution in [2.24, 2.45) is 5.92 Å². The summed E-state index contributed by atoms with van der Waals surface area (Å²) in [6.45, 7) is 0. The van der Waals surface area contributed by atoms with Crippen molar-refractivity contribution >= 4 is 11.6 Å². The first-order valence-electron chi connectivity index (χ1n) is 8.61. The molecule has 2 aromatic rings. The summed E-state index contributed by atoms with van der Waals surface area (Å²) in [6, 6.07) is 16.5. The lowest BCUT2D eigenvalue weighted by molar-refractivity contribution is -0.122. The van der Waals surface area contributed by atoms with E-state index in [1.807, 2.05) is 30.3 Å². The van der Waals surface area contributed by atoms with Crippen molar-refractivity contribution in [1.29, 1.82) is 0 Å². The summed E-state index contributed by atoms with van der Waals surface area (Å²) in [5.41, 5.74) is 0.569. The molecule has 0 radical (unpaired) electrons. The van der Waals surface area contributed by atoms with E-state index in [1.165, 1.54) is 6.42 Å². The molecule has 3 nitrogen and oxygen atoms in total. The van der Waals surface area contributed by atoms with Crippen LogP contribution in [-0.2, 0) is 4.79 Å². The van der Waals surface area contributed by atoms with E-state index in [4.69, 9.17) is 4.74 Å². The number of carbonyl (C=O) groups is 2. The molecule has 124 valence electrons. The van der Waals surface area contributed by atoms with Crippen LogP contribution in [0.2, 0.25) is 0 Å². The fourth-order valence-corrected chi connectivity index (χ4v) is 3.16. The van der Waals surface area contributed by atoms with Gasteiger partial charge >= 0.3 is 0 Å². The summed E-state index contributed by atoms with van der Waals surface area (Å²) in [6.07, 6.45) is 5.32. The minimum Gasteiger partial charge on any atom is -0.457 e. The largest absolute Gasteiger partial charge is 0.457 e. The summed E-state index contributed by atoms with van der Waals surface area (Å²) < 4.78 is 5.71. The molecule has 1 aliphatic rings. The number of carbonyl (C=O) groups excluding carboxylic acids is 2. The van der Waals surface area contributed by atoms with Crippen LogP contribution in [0, 0.1) is 5.92 Å². The first kappa shape index (κ1) is 16.4. The lowest BCUT2D eigenvalue weighted by Gasteiger charge is -2.19. The molecule has 0 spiro atoms. The molecule has 0 aliphatic heterocycles. The predicted octanol–water partition coefficient (Wildman–Crippen LogP) is 5.20. The number of hydrogen-bond acceptors (Lipinski definition) is 3. The Morgan fingerprint density at radius 3 is 2.12 bits per heavy atom. The fourth-order valence-electron chi connectivity index (χ4n) is 3.16. The number of rotatable bonds is 6. The minimum absolute atomic E-state index is 0.0174. The molecule has 1 fully saturated rings. The van der Waals surface area contributed by atoms with Crippen molar-refractivity contribution in [2.75, 3.05) is 0 Å². The maximum Gasteiger partial charge on any atom is 0.170 e. The van der Waals surface area contributed by atoms with Gasteiger partial charge in [0.2, 0.25) is 0 Å². The topological polar surface area (TPSA) is 43.4 Å². The molecule has 3 heteroatoms. The number of hydrogen-bond donors (Lipinski definition) is 0. The number of ether oxygens (including phenoxy) is 1. The summed E-state index contributed by atoms with van der Waals surface area (Å²) >= 11 is 0. The van der Waals surface area contributed by atoms with E-state index in [0.717, 1.165) is 31.4 Å². The van der Waals surface area contributed by atoms with Crippen LogP contribution < -0.4 is 4.74 Å². The van der Waals surface area contributed by atoms with Crippen LogP contribution >= 0.6 is 0 Å². The molecule has 0 saturated heterocycles. The summed E-state index contributed by atoms with van der Waals surface area (Å²) in [4.78, 5) is 24.6. The highest BCUT2D eigenvalue weighted by atomic mass is 16.5. The first-order valence-corrected chi connectivity index (χ1v) is 8.61. The zero-order valence-electron chi connectivity index (χ0n) is 13.7. The van der Waals surface area contributed by atoms with E-state index in [1.54, 1.807) is 24.3 Å². The lowest BCUT2D eigenvalue weighted by atomic mass is 9.84. The van der Waals surface area contributed by atoms with E-state index >= 15 is 0 Å². The molecule has 24 heavy (non-hydrogen) atoms. The van der Waals surface area contributed by atoms with E-state index in [2.05, 4.69) is 0 Å². The van der Waals surface area contributed by atoms with Crippen LogP contribution in [0.15, 0.2) is 54.6 Å². The van der Waals surface area contributed by atoms with Gasteiger partial charge in [-0.3, -0.25) is 9.59 Å². The van der Waals surface area contributed by atoms with Gasteiger partial charge < -0.3 is 4.74 Å². The van der Waals surface area contributed by atoms with E-state index < -0.39 is 0 Å². The third-order valence-electron chi connectivity index (χ3n) is 4.55. The Kier molecular flexibility index (Phi) is 5.42. The summed E-state index contributed by atoms with van der Waals surface area (Å²) in [5, 5.41) is 0. The van der Waals surface area contributed by atoms with Gasteiger partial charge in [-0.15, -0.1) is 0 Å². The maximum atomic E-state index is 12.3. The van der Waals surface area contributed by atoms with Gasteiger partial charge in [0.05, 0.1) is 6.42 Å². The maximum absolute atomic E-state index is 12.3. The Bertz CT molecular complexity index is 683. The van der Waals surface area contributed by atoms with Crippen LogP contribution in [0.5, 0.6) is 11.5 Å². The second-order valence-corrected chi connectivity index (χ2v) is 6.34. The predicted molar refractivity (Wildman–Crippen MR) is 93.5 cm³/mol. The highest BCUT2D eigenvalue weighted by molar-refractivity contribution is 6.08. The van der Waals surface area contributed by atoms with E-state index in [0.29, 0.717) is 11.3 Å². The van der Waals surface area contributed by atoms with Gasteiger partial charge in [-0.2, -0.15) is 0 Å². The molecule has 0 amide bonds. The molecule has 1 aliphatic carbocycles. The molecular formula is C21H22O3. The number of para-hydroxylation sites is 1. The van der Waals surface area contributed by atoms with Gasteiger partial charge in [-0.1, -0.05) is 37.5 Å². The molecule has 0 N–H and O–H groups in total. The number of Topliss-reactive ketones (excluding diaryl/α,β-unsaturated/α-hetero) is 2. The zero-order valence-corrected chi connectivity index (χ0v) is 13.7. The molecular weight excluding hydrogens is 300 g/mol. The van der Waals surface area contributed by atoms with Crippen molar-refractivity contribution in [3.8, 4) is 11.5 Å². The molecule has 1 saturated carbocycles. The molecule has 0 heterocycles. The number of benzene rings is 2. The Labute approximate surface area is 142 Å². The second kappa shape index (κ2) is 7.91. The van der Waals surface area contributed by atoms with Crippen LogP contribution in [-0.4, -0.2) is 11.6 Å². The van der Waals surface area contributed by atoms with Crippen LogP contribution in [0.1, 0.15) is 48.9 Å². The highest BCUT2D eigenvalue weighted by Crippen LogP contribution is 2.26. The van der Waals surface area contributed by atoms with Gasteiger partial charge in [0.15, 0.2) is 5.78 Å². The minimum atomic E-state index is -0.100. The quantitative estimate of drug-likeness (QED) is 0.542. The lowest BCUT2D eigenvalue weighted by Crippen LogP contribution is -2.20. The van der Waals surface area contributed by atoms with Crippen LogP contribution in [0.25, 0.3) is 0 Å². The molecule has 0 aromatic heterocycles. The normalized spacial score (nSPS) is 15.0. The van der Waals surface area contributed by atoms with E-state index in [9.17, 15) is 9.59 Å². The molecule has 2 aromatic carbocycles. The third-order valence-corrected chi connectivity index (χ3v) is 4.55. The first-order chi connectivity index (χ1) is 11.7. The van der Waals surface area contributed by atoms with Gasteiger partial charge in [-0.05, 0) is 49.2 Å². The zero-order chi connectivity index (χ0) is 16.8. The molecule has 0 bridgehead atoms. The monoisotopic (exact) mass is 322 g/mol. The van der Waals surface area contributed by atoms with Crippen molar-refractivity contribution in [3.05, 3.63) is 60.2 Å². The standard InChI is InChI=1S/C21H22O3/c22-20(16-7-3-1-4-8-16)15-21(23)17-11-13-19(14-12-17)24-18-9-5-2-6-10-18/h2,5-6,9-14,16H,1,3-4,7-8,15H2. The summed E-state index contributed by atoms with van der Waals surface area (Å²) in [5.74, 6) is 1.52. The number of ketones is 2. The Morgan fingerprint density at radius 1 is 0.833 bits per heavy atom. The molecule has 3 rings (SSSR count). The second-order valence-electron chi connectivity index (χ2n) is 6.34. The molecule has 0 atom stereocenters. The van der Waals surface area contributed by atoms with Gasteiger partial charge in [0.1, 0.15) is 17.3 Å². The average molecular weight is 322 g/mol. The third kappa shape index (κ3) is 4.31. The average Bonchev–Trinajstić information content (AvgIpc) is 2.64. The Balaban J connectivity index is 1.58. The van der Waals surface area contributed by atoms with E-state index in [-0.39, 0.29) is 23.9 Å². The van der Waals surface area contributed by atoms with Gasteiger partial charge in [0.25, 0.3) is 0 Å². The Morgan fingerprint density at radius 2 is 1.46 bits per heavy atom. The van der Waals surface area contributed by atoms with Gasteiger partial charge in [-0.25, -0.2) is 0 Å². The van der Waals surface area contributed by atoms with Crippen LogP contribution in [0.4, 0.5) is 0 Å². The smallest absolute Gasteiger partial charge is 0.170 e. The van der Waals surface area contributed by atoms with Crippen molar-refractivity contribution < 1.29 is 14.3 Å². The fraction of sp³-hybridized carbons (Fsp3) is 0.333. The van der Waals surface area contributed by atoms with Crippen molar-refractivity contribution in [2.45, 2.75) is 38.5 Å². The molecule has 0 unspecified atom stereocenters. The van der Waals surface area contributed by atoms with Crippen LogP contribution in [0.3, 0.4) is 0 Å². The SMILES string of the molecule is O=C(CC(=O)C1CCCCC1)c1ccc(Oc2ccccc2)cc1.